The lowest BCUT2D eigenvalue weighted by Gasteiger charge is -2.52. The van der Waals surface area contributed by atoms with Gasteiger partial charge in [-0.05, 0) is 11.8 Å². The minimum Gasteiger partial charge on any atom is -0.465 e. The van der Waals surface area contributed by atoms with E-state index in [0.717, 1.165) is 0 Å². The number of aliphatic hydroxyl groups excluding tert-OH is 1. The molecule has 1 aliphatic heterocycles. The number of methoxy groups -OCH3 is 1. The molecular formula is C12H23NO4. The standard InChI is InChI=1S/C12H23NO4/c1-11(2,3)12(8-17-4)7-13(10(15)16)6-5-9(12)14/h9,14H,5-8H2,1-4H3,(H,15,16)/t9-,12+/m1/s1. The summed E-state index contributed by atoms with van der Waals surface area (Å²) in [6, 6.07) is 0. The first-order chi connectivity index (χ1) is 7.74. The number of carbonyl (C=O) groups is 1. The van der Waals surface area contributed by atoms with E-state index in [9.17, 15) is 9.90 Å². The molecule has 1 fully saturated rings. The average Bonchev–Trinajstić information content (AvgIpc) is 2.19. The molecule has 100 valence electrons. The largest absolute Gasteiger partial charge is 0.465 e. The predicted octanol–water partition coefficient (Wildman–Crippen LogP) is 1.41. The number of aliphatic hydroxyl groups is 1. The Morgan fingerprint density at radius 2 is 2.12 bits per heavy atom. The van der Waals surface area contributed by atoms with Gasteiger partial charge in [-0.1, -0.05) is 20.8 Å². The molecule has 2 atom stereocenters. The molecule has 0 aliphatic carbocycles. The Balaban J connectivity index is 3.03. The molecule has 5 heteroatoms. The smallest absolute Gasteiger partial charge is 0.407 e. The summed E-state index contributed by atoms with van der Waals surface area (Å²) in [6.45, 7) is 7.11. The molecular weight excluding hydrogens is 222 g/mol. The number of piperidine rings is 1. The second-order valence-corrected chi connectivity index (χ2v) is 5.85. The number of amides is 1. The lowest BCUT2D eigenvalue weighted by molar-refractivity contribution is -0.134. The summed E-state index contributed by atoms with van der Waals surface area (Å²) in [4.78, 5) is 12.5. The van der Waals surface area contributed by atoms with E-state index in [1.165, 1.54) is 4.90 Å². The highest BCUT2D eigenvalue weighted by molar-refractivity contribution is 5.65. The molecule has 5 nitrogen and oxygen atoms in total. The third-order valence-electron chi connectivity index (χ3n) is 3.95. The maximum atomic E-state index is 11.1. The van der Waals surface area contributed by atoms with Crippen molar-refractivity contribution in [2.75, 3.05) is 26.8 Å². The second kappa shape index (κ2) is 4.82. The molecule has 0 aromatic rings. The summed E-state index contributed by atoms with van der Waals surface area (Å²) in [6.07, 6.45) is -0.993. The van der Waals surface area contributed by atoms with Crippen LogP contribution in [0.5, 0.6) is 0 Å². The first-order valence-corrected chi connectivity index (χ1v) is 5.89. The monoisotopic (exact) mass is 245 g/mol. The minimum atomic E-state index is -0.929. The number of ether oxygens (including phenoxy) is 1. The van der Waals surface area contributed by atoms with Crippen LogP contribution >= 0.6 is 0 Å². The number of carboxylic acid groups (broad SMARTS) is 1. The molecule has 1 rings (SSSR count). The van der Waals surface area contributed by atoms with Gasteiger partial charge in [-0.2, -0.15) is 0 Å². The third kappa shape index (κ3) is 2.55. The predicted molar refractivity (Wildman–Crippen MR) is 64.0 cm³/mol. The minimum absolute atomic E-state index is 0.226. The molecule has 0 unspecified atom stereocenters. The Kier molecular flexibility index (Phi) is 4.04. The zero-order chi connectivity index (χ0) is 13.3. The van der Waals surface area contributed by atoms with Crippen molar-refractivity contribution < 1.29 is 19.7 Å². The van der Waals surface area contributed by atoms with Gasteiger partial charge < -0.3 is 19.8 Å². The van der Waals surface area contributed by atoms with Crippen LogP contribution in [0.4, 0.5) is 4.79 Å². The van der Waals surface area contributed by atoms with Gasteiger partial charge in [0.15, 0.2) is 0 Å². The fourth-order valence-electron chi connectivity index (χ4n) is 2.60. The van der Waals surface area contributed by atoms with Crippen molar-refractivity contribution in [3.63, 3.8) is 0 Å². The fraction of sp³-hybridized carbons (Fsp3) is 0.917. The van der Waals surface area contributed by atoms with E-state index in [1.54, 1.807) is 7.11 Å². The van der Waals surface area contributed by atoms with Crippen LogP contribution in [0.25, 0.3) is 0 Å². The van der Waals surface area contributed by atoms with Gasteiger partial charge in [0.2, 0.25) is 0 Å². The molecule has 2 N–H and O–H groups in total. The van der Waals surface area contributed by atoms with E-state index in [-0.39, 0.29) is 5.41 Å². The van der Waals surface area contributed by atoms with Crippen LogP contribution in [0.3, 0.4) is 0 Å². The summed E-state index contributed by atoms with van der Waals surface area (Å²) in [5, 5.41) is 19.4. The number of nitrogens with zero attached hydrogens (tertiary/aromatic N) is 1. The van der Waals surface area contributed by atoms with Crippen molar-refractivity contribution in [1.29, 1.82) is 0 Å². The van der Waals surface area contributed by atoms with Crippen LogP contribution in [-0.2, 0) is 4.74 Å². The molecule has 1 amide bonds. The number of hydrogen-bond acceptors (Lipinski definition) is 3. The van der Waals surface area contributed by atoms with E-state index in [0.29, 0.717) is 26.1 Å². The molecule has 0 saturated carbocycles. The zero-order valence-corrected chi connectivity index (χ0v) is 11.1. The van der Waals surface area contributed by atoms with E-state index in [4.69, 9.17) is 9.84 Å². The van der Waals surface area contributed by atoms with Crippen LogP contribution in [0, 0.1) is 10.8 Å². The van der Waals surface area contributed by atoms with Crippen molar-refractivity contribution in [3.05, 3.63) is 0 Å². The normalized spacial score (nSPS) is 30.4. The average molecular weight is 245 g/mol. The van der Waals surface area contributed by atoms with E-state index in [2.05, 4.69) is 0 Å². The van der Waals surface area contributed by atoms with Crippen LogP contribution < -0.4 is 0 Å². The van der Waals surface area contributed by atoms with Crippen molar-refractivity contribution >= 4 is 6.09 Å². The van der Waals surface area contributed by atoms with Gasteiger partial charge in [0.05, 0.1) is 12.7 Å². The molecule has 0 aromatic heterocycles. The van der Waals surface area contributed by atoms with Gasteiger partial charge in [-0.25, -0.2) is 4.79 Å². The van der Waals surface area contributed by atoms with Crippen LogP contribution in [0.2, 0.25) is 0 Å². The summed E-state index contributed by atoms with van der Waals surface area (Å²) in [5.41, 5.74) is -0.769. The maximum absolute atomic E-state index is 11.1. The zero-order valence-electron chi connectivity index (χ0n) is 11.1. The van der Waals surface area contributed by atoms with E-state index in [1.807, 2.05) is 20.8 Å². The SMILES string of the molecule is COC[C@@]1(C(C)(C)C)CN(C(=O)O)CC[C@H]1O. The van der Waals surface area contributed by atoms with E-state index >= 15 is 0 Å². The Morgan fingerprint density at radius 1 is 1.53 bits per heavy atom. The summed E-state index contributed by atoms with van der Waals surface area (Å²) in [7, 11) is 1.58. The molecule has 0 radical (unpaired) electrons. The number of likely N-dealkylation sites (tertiary alicyclic amines) is 1. The lowest BCUT2D eigenvalue weighted by Crippen LogP contribution is -2.60. The van der Waals surface area contributed by atoms with Crippen molar-refractivity contribution in [3.8, 4) is 0 Å². The topological polar surface area (TPSA) is 70.0 Å². The van der Waals surface area contributed by atoms with Crippen molar-refractivity contribution in [2.24, 2.45) is 10.8 Å². The third-order valence-corrected chi connectivity index (χ3v) is 3.95. The van der Waals surface area contributed by atoms with E-state index < -0.39 is 17.6 Å². The second-order valence-electron chi connectivity index (χ2n) is 5.85. The highest BCUT2D eigenvalue weighted by atomic mass is 16.5. The Labute approximate surface area is 102 Å². The quantitative estimate of drug-likeness (QED) is 0.771. The fourth-order valence-corrected chi connectivity index (χ4v) is 2.60. The molecule has 1 aliphatic rings. The van der Waals surface area contributed by atoms with Crippen LogP contribution in [-0.4, -0.2) is 54.1 Å². The maximum Gasteiger partial charge on any atom is 0.407 e. The molecule has 1 heterocycles. The van der Waals surface area contributed by atoms with Crippen LogP contribution in [0.1, 0.15) is 27.2 Å². The lowest BCUT2D eigenvalue weighted by atomic mass is 9.61. The van der Waals surface area contributed by atoms with Gasteiger partial charge in [0.1, 0.15) is 0 Å². The molecule has 17 heavy (non-hydrogen) atoms. The van der Waals surface area contributed by atoms with Gasteiger partial charge in [0.25, 0.3) is 0 Å². The number of rotatable bonds is 2. The van der Waals surface area contributed by atoms with Gasteiger partial charge >= 0.3 is 6.09 Å². The molecule has 0 spiro atoms. The first-order valence-electron chi connectivity index (χ1n) is 5.89. The Morgan fingerprint density at radius 3 is 2.53 bits per heavy atom. The van der Waals surface area contributed by atoms with Gasteiger partial charge in [0, 0.05) is 25.6 Å². The first kappa shape index (κ1) is 14.3. The summed E-state index contributed by atoms with van der Waals surface area (Å²) >= 11 is 0. The Hall–Kier alpha value is -0.810. The number of hydrogen-bond donors (Lipinski definition) is 2. The highest BCUT2D eigenvalue weighted by Gasteiger charge is 2.51. The molecule has 0 bridgehead atoms. The summed E-state index contributed by atoms with van der Waals surface area (Å²) < 4.78 is 5.23. The molecule has 0 aromatic carbocycles. The van der Waals surface area contributed by atoms with Gasteiger partial charge in [-0.3, -0.25) is 0 Å². The molecule has 1 saturated heterocycles. The summed E-state index contributed by atoms with van der Waals surface area (Å²) in [5.74, 6) is 0. The highest BCUT2D eigenvalue weighted by Crippen LogP contribution is 2.45. The van der Waals surface area contributed by atoms with Crippen molar-refractivity contribution in [1.82, 2.24) is 4.90 Å². The van der Waals surface area contributed by atoms with Crippen molar-refractivity contribution in [2.45, 2.75) is 33.3 Å². The Bertz CT molecular complexity index is 287. The van der Waals surface area contributed by atoms with Crippen LogP contribution in [0.15, 0.2) is 0 Å². The van der Waals surface area contributed by atoms with Gasteiger partial charge in [-0.15, -0.1) is 0 Å².